The molecule has 1 amide bonds. The Morgan fingerprint density at radius 2 is 2.25 bits per heavy atom. The summed E-state index contributed by atoms with van der Waals surface area (Å²) in [5, 5.41) is 2.54. The molecule has 0 saturated heterocycles. The molecule has 28 heavy (non-hydrogen) atoms. The van der Waals surface area contributed by atoms with Crippen LogP contribution in [0.1, 0.15) is 33.8 Å². The molecule has 2 unspecified atom stereocenters. The number of benzene rings is 2. The molecule has 1 aliphatic carbocycles. The number of esters is 1. The fourth-order valence-electron chi connectivity index (χ4n) is 3.49. The number of carbonyl (C=O) groups is 2. The van der Waals surface area contributed by atoms with Crippen molar-refractivity contribution in [3.8, 4) is 5.75 Å². The van der Waals surface area contributed by atoms with E-state index in [0.717, 1.165) is 16.9 Å². The lowest BCUT2D eigenvalue weighted by molar-refractivity contribution is -0.109. The third-order valence-electron chi connectivity index (χ3n) is 5.01. The third kappa shape index (κ3) is 3.52. The first-order valence-corrected chi connectivity index (χ1v) is 9.70. The smallest absolute Gasteiger partial charge is 0.343 e. The third-order valence-corrected chi connectivity index (χ3v) is 5.95. The SMILES string of the molecule is COC(=O)c1c(NSc2ccc(F)cc2CNC=O)ccc2c1OCC1CC21. The van der Waals surface area contributed by atoms with Gasteiger partial charge < -0.3 is 19.5 Å². The number of hydrogen-bond acceptors (Lipinski definition) is 6. The van der Waals surface area contributed by atoms with E-state index in [1.165, 1.54) is 31.2 Å². The van der Waals surface area contributed by atoms with E-state index in [-0.39, 0.29) is 12.4 Å². The quantitative estimate of drug-likeness (QED) is 0.420. The maximum Gasteiger partial charge on any atom is 0.343 e. The van der Waals surface area contributed by atoms with Gasteiger partial charge in [-0.25, -0.2) is 9.18 Å². The molecule has 2 N–H and O–H groups in total. The number of fused-ring (bicyclic) bond motifs is 3. The molecular weight excluding hydrogens is 383 g/mol. The van der Waals surface area contributed by atoms with Gasteiger partial charge in [0.25, 0.3) is 0 Å². The second-order valence-corrected chi connectivity index (χ2v) is 7.61. The second-order valence-electron chi connectivity index (χ2n) is 6.77. The lowest BCUT2D eigenvalue weighted by Crippen LogP contribution is -2.15. The summed E-state index contributed by atoms with van der Waals surface area (Å²) in [6, 6.07) is 8.16. The predicted molar refractivity (Wildman–Crippen MR) is 103 cm³/mol. The van der Waals surface area contributed by atoms with Crippen LogP contribution in [0.4, 0.5) is 10.1 Å². The Morgan fingerprint density at radius 3 is 3.04 bits per heavy atom. The van der Waals surface area contributed by atoms with Crippen molar-refractivity contribution in [3.63, 3.8) is 0 Å². The van der Waals surface area contributed by atoms with Crippen LogP contribution < -0.4 is 14.8 Å². The first kappa shape index (κ1) is 18.6. The summed E-state index contributed by atoms with van der Waals surface area (Å²) < 4.78 is 27.6. The molecule has 2 aromatic rings. The molecule has 8 heteroatoms. The zero-order valence-electron chi connectivity index (χ0n) is 15.2. The fraction of sp³-hybridized carbons (Fsp3) is 0.300. The second kappa shape index (κ2) is 7.71. The minimum Gasteiger partial charge on any atom is -0.492 e. The van der Waals surface area contributed by atoms with E-state index < -0.39 is 5.97 Å². The van der Waals surface area contributed by atoms with E-state index in [0.29, 0.717) is 47.4 Å². The molecule has 0 bridgehead atoms. The molecule has 146 valence electrons. The number of methoxy groups -OCH3 is 1. The molecule has 0 aromatic heterocycles. The highest BCUT2D eigenvalue weighted by molar-refractivity contribution is 8.00. The van der Waals surface area contributed by atoms with Crippen LogP contribution in [0.25, 0.3) is 0 Å². The number of ether oxygens (including phenoxy) is 2. The zero-order chi connectivity index (χ0) is 19.7. The van der Waals surface area contributed by atoms with Crippen LogP contribution in [0.2, 0.25) is 0 Å². The molecule has 2 aliphatic rings. The number of halogens is 1. The van der Waals surface area contributed by atoms with Gasteiger partial charge in [0.1, 0.15) is 17.1 Å². The van der Waals surface area contributed by atoms with Crippen molar-refractivity contribution in [1.29, 1.82) is 0 Å². The van der Waals surface area contributed by atoms with Gasteiger partial charge in [-0.2, -0.15) is 0 Å². The number of rotatable bonds is 7. The summed E-state index contributed by atoms with van der Waals surface area (Å²) in [6.45, 7) is 0.809. The van der Waals surface area contributed by atoms with Crippen LogP contribution in [0, 0.1) is 11.7 Å². The van der Waals surface area contributed by atoms with Crippen LogP contribution in [0.5, 0.6) is 5.75 Å². The van der Waals surface area contributed by atoms with Gasteiger partial charge in [-0.3, -0.25) is 4.79 Å². The van der Waals surface area contributed by atoms with E-state index in [2.05, 4.69) is 10.0 Å². The van der Waals surface area contributed by atoms with Crippen LogP contribution in [-0.4, -0.2) is 26.1 Å². The summed E-state index contributed by atoms with van der Waals surface area (Å²) >= 11 is 1.23. The molecule has 0 spiro atoms. The average molecular weight is 402 g/mol. The summed E-state index contributed by atoms with van der Waals surface area (Å²) in [4.78, 5) is 23.8. The van der Waals surface area contributed by atoms with E-state index in [9.17, 15) is 14.0 Å². The van der Waals surface area contributed by atoms with E-state index in [1.54, 1.807) is 6.07 Å². The highest BCUT2D eigenvalue weighted by Gasteiger charge is 2.45. The van der Waals surface area contributed by atoms with Crippen molar-refractivity contribution < 1.29 is 23.5 Å². The Balaban J connectivity index is 1.62. The molecular formula is C20H19FN2O4S. The predicted octanol–water partition coefficient (Wildman–Crippen LogP) is 3.47. The van der Waals surface area contributed by atoms with Gasteiger partial charge >= 0.3 is 5.97 Å². The summed E-state index contributed by atoms with van der Waals surface area (Å²) in [7, 11) is 1.34. The zero-order valence-corrected chi connectivity index (χ0v) is 16.0. The van der Waals surface area contributed by atoms with Gasteiger partial charge in [0.2, 0.25) is 6.41 Å². The van der Waals surface area contributed by atoms with Crippen molar-refractivity contribution >= 4 is 30.0 Å². The molecule has 1 saturated carbocycles. The molecule has 4 rings (SSSR count). The van der Waals surface area contributed by atoms with Gasteiger partial charge in [0.05, 0.1) is 19.4 Å². The highest BCUT2D eigenvalue weighted by Crippen LogP contribution is 2.55. The van der Waals surface area contributed by atoms with Crippen LogP contribution in [0.3, 0.4) is 0 Å². The summed E-state index contributed by atoms with van der Waals surface area (Å²) in [5.41, 5.74) is 2.60. The van der Waals surface area contributed by atoms with Crippen LogP contribution in [0.15, 0.2) is 35.2 Å². The topological polar surface area (TPSA) is 76.7 Å². The van der Waals surface area contributed by atoms with Gasteiger partial charge in [0.15, 0.2) is 0 Å². The molecule has 2 atom stereocenters. The average Bonchev–Trinajstić information content (AvgIpc) is 3.50. The van der Waals surface area contributed by atoms with Crippen molar-refractivity contribution in [2.75, 3.05) is 18.4 Å². The van der Waals surface area contributed by atoms with Crippen molar-refractivity contribution in [2.24, 2.45) is 5.92 Å². The number of anilines is 1. The Bertz CT molecular complexity index is 937. The highest BCUT2D eigenvalue weighted by atomic mass is 32.2. The molecule has 1 aliphatic heterocycles. The van der Waals surface area contributed by atoms with E-state index in [4.69, 9.17) is 9.47 Å². The minimum absolute atomic E-state index is 0.200. The molecule has 6 nitrogen and oxygen atoms in total. The fourth-order valence-corrected chi connectivity index (χ4v) is 4.27. The first-order chi connectivity index (χ1) is 13.6. The molecule has 1 heterocycles. The standard InChI is InChI=1S/C20H19FN2O4S/c1-26-20(25)18-16(4-3-14-15-7-12(15)9-27-19(14)18)23-28-17-5-2-13(21)6-11(17)8-22-10-24/h2-6,10,12,15,23H,7-9H2,1H3,(H,22,24). The van der Waals surface area contributed by atoms with Crippen molar-refractivity contribution in [2.45, 2.75) is 23.8 Å². The Labute approximate surface area is 165 Å². The maximum absolute atomic E-state index is 13.6. The Kier molecular flexibility index (Phi) is 5.13. The summed E-state index contributed by atoms with van der Waals surface area (Å²) in [5.74, 6) is 0.716. The van der Waals surface area contributed by atoms with Crippen LogP contribution in [-0.2, 0) is 16.1 Å². The Morgan fingerprint density at radius 1 is 1.39 bits per heavy atom. The lowest BCUT2D eigenvalue weighted by atomic mass is 10.0. The summed E-state index contributed by atoms with van der Waals surface area (Å²) in [6.07, 6.45) is 1.64. The normalized spacial score (nSPS) is 18.9. The first-order valence-electron chi connectivity index (χ1n) is 8.88. The van der Waals surface area contributed by atoms with E-state index >= 15 is 0 Å². The molecule has 2 aromatic carbocycles. The van der Waals surface area contributed by atoms with E-state index in [1.807, 2.05) is 12.1 Å². The minimum atomic E-state index is -0.471. The van der Waals surface area contributed by atoms with Gasteiger partial charge in [-0.15, -0.1) is 0 Å². The van der Waals surface area contributed by atoms with Crippen molar-refractivity contribution in [3.05, 3.63) is 52.8 Å². The number of amides is 1. The van der Waals surface area contributed by atoms with Gasteiger partial charge in [0, 0.05) is 17.4 Å². The number of carbonyl (C=O) groups excluding carboxylic acids is 2. The largest absolute Gasteiger partial charge is 0.492 e. The number of hydrogen-bond donors (Lipinski definition) is 2. The lowest BCUT2D eigenvalue weighted by Gasteiger charge is -2.22. The van der Waals surface area contributed by atoms with Crippen molar-refractivity contribution in [1.82, 2.24) is 5.32 Å². The van der Waals surface area contributed by atoms with Gasteiger partial charge in [-0.05, 0) is 59.7 Å². The molecule has 1 fully saturated rings. The van der Waals surface area contributed by atoms with Crippen LogP contribution >= 0.6 is 11.9 Å². The molecule has 0 radical (unpaired) electrons. The monoisotopic (exact) mass is 402 g/mol. The Hall–Kier alpha value is -2.74. The maximum atomic E-state index is 13.6. The number of nitrogens with one attached hydrogen (secondary N) is 2. The van der Waals surface area contributed by atoms with Gasteiger partial charge in [-0.1, -0.05) is 6.07 Å².